The van der Waals surface area contributed by atoms with Gasteiger partial charge in [-0.1, -0.05) is 60.7 Å². The van der Waals surface area contributed by atoms with E-state index in [2.05, 4.69) is 14.1 Å². The minimum Gasteiger partial charge on any atom is -0.321 e. The van der Waals surface area contributed by atoms with E-state index < -0.39 is 0 Å². The minimum atomic E-state index is 0.176. The summed E-state index contributed by atoms with van der Waals surface area (Å²) in [7, 11) is 4.34. The molecule has 0 saturated carbocycles. The maximum atomic E-state index is 12.9. The molecule has 3 rings (SSSR count). The summed E-state index contributed by atoms with van der Waals surface area (Å²) in [4.78, 5) is 12.9. The molecule has 2 aromatic rings. The smallest absolute Gasteiger partial charge is 0.196 e. The quantitative estimate of drug-likeness (QED) is 0.609. The molecular formula is C21H22NO+. The van der Waals surface area contributed by atoms with Crippen molar-refractivity contribution in [2.75, 3.05) is 27.2 Å². The van der Waals surface area contributed by atoms with Gasteiger partial charge in [0.25, 0.3) is 0 Å². The van der Waals surface area contributed by atoms with Gasteiger partial charge in [0.2, 0.25) is 0 Å². The zero-order valence-corrected chi connectivity index (χ0v) is 13.7. The van der Waals surface area contributed by atoms with Crippen molar-refractivity contribution < 1.29 is 9.28 Å². The van der Waals surface area contributed by atoms with Gasteiger partial charge in [0.05, 0.1) is 25.2 Å². The highest BCUT2D eigenvalue weighted by Crippen LogP contribution is 2.24. The first kappa shape index (κ1) is 15.4. The van der Waals surface area contributed by atoms with E-state index in [4.69, 9.17) is 0 Å². The van der Waals surface area contributed by atoms with E-state index in [9.17, 15) is 4.79 Å². The Hall–Kier alpha value is -2.45. The Morgan fingerprint density at radius 2 is 1.13 bits per heavy atom. The fraction of sp³-hybridized carbons (Fsp3) is 0.190. The second kappa shape index (κ2) is 6.35. The molecule has 0 aromatic heterocycles. The third kappa shape index (κ3) is 3.85. The molecule has 2 aromatic carbocycles. The average molecular weight is 304 g/mol. The number of rotatable bonds is 2. The molecule has 1 aliphatic rings. The summed E-state index contributed by atoms with van der Waals surface area (Å²) in [5.41, 5.74) is 3.93. The molecule has 0 atom stereocenters. The number of likely N-dealkylation sites (tertiary alicyclic amines) is 1. The second-order valence-electron chi connectivity index (χ2n) is 6.74. The van der Waals surface area contributed by atoms with Crippen LogP contribution in [0.15, 0.2) is 71.8 Å². The summed E-state index contributed by atoms with van der Waals surface area (Å²) in [5, 5.41) is 0. The summed E-state index contributed by atoms with van der Waals surface area (Å²) in [6.45, 7) is 1.53. The lowest BCUT2D eigenvalue weighted by molar-refractivity contribution is -0.881. The van der Waals surface area contributed by atoms with Gasteiger partial charge in [-0.2, -0.15) is 0 Å². The summed E-state index contributed by atoms with van der Waals surface area (Å²) < 4.78 is 0.795. The molecule has 0 unspecified atom stereocenters. The van der Waals surface area contributed by atoms with Crippen LogP contribution in [-0.4, -0.2) is 37.5 Å². The van der Waals surface area contributed by atoms with Crippen LogP contribution < -0.4 is 0 Å². The Kier molecular flexibility index (Phi) is 4.26. The van der Waals surface area contributed by atoms with Crippen LogP contribution in [-0.2, 0) is 4.79 Å². The van der Waals surface area contributed by atoms with Gasteiger partial charge in [-0.3, -0.25) is 4.79 Å². The molecule has 1 aliphatic heterocycles. The monoisotopic (exact) mass is 304 g/mol. The standard InChI is InChI=1S/C21H22NO/c1-22(2)15-19(13-17-9-5-3-6-10-17)21(23)20(16-22)14-18-11-7-4-8-12-18/h3-14H,15-16H2,1-2H3/q+1. The number of carbonyl (C=O) groups is 1. The van der Waals surface area contributed by atoms with Crippen LogP contribution in [0.1, 0.15) is 11.1 Å². The number of benzene rings is 2. The van der Waals surface area contributed by atoms with E-state index >= 15 is 0 Å². The fourth-order valence-electron chi connectivity index (χ4n) is 3.05. The lowest BCUT2D eigenvalue weighted by Gasteiger charge is -2.35. The Labute approximate surface area is 138 Å². The number of piperidine rings is 1. The molecule has 0 spiro atoms. The van der Waals surface area contributed by atoms with Gasteiger partial charge >= 0.3 is 0 Å². The molecule has 116 valence electrons. The highest BCUT2D eigenvalue weighted by atomic mass is 16.1. The predicted molar refractivity (Wildman–Crippen MR) is 95.7 cm³/mol. The van der Waals surface area contributed by atoms with Gasteiger partial charge in [0, 0.05) is 0 Å². The normalized spacial score (nSPS) is 20.9. The fourth-order valence-corrected chi connectivity index (χ4v) is 3.05. The lowest BCUT2D eigenvalue weighted by atomic mass is 9.93. The first-order valence-electron chi connectivity index (χ1n) is 7.91. The third-order valence-electron chi connectivity index (χ3n) is 4.06. The molecule has 0 N–H and O–H groups in total. The Morgan fingerprint density at radius 3 is 1.52 bits per heavy atom. The number of nitrogens with zero attached hydrogens (tertiary/aromatic N) is 1. The first-order chi connectivity index (χ1) is 11.0. The van der Waals surface area contributed by atoms with Crippen molar-refractivity contribution in [2.45, 2.75) is 0 Å². The summed E-state index contributed by atoms with van der Waals surface area (Å²) in [5.74, 6) is 0.176. The molecule has 2 heteroatoms. The van der Waals surface area contributed by atoms with Crippen molar-refractivity contribution in [3.63, 3.8) is 0 Å². The van der Waals surface area contributed by atoms with Crippen LogP contribution in [0.5, 0.6) is 0 Å². The van der Waals surface area contributed by atoms with Crippen molar-refractivity contribution in [1.29, 1.82) is 0 Å². The van der Waals surface area contributed by atoms with Crippen LogP contribution in [0.2, 0.25) is 0 Å². The molecule has 1 heterocycles. The number of Topliss-reactive ketones (excluding diaryl/α,β-unsaturated/α-hetero) is 1. The van der Waals surface area contributed by atoms with E-state index in [0.29, 0.717) is 0 Å². The Balaban J connectivity index is 1.98. The summed E-state index contributed by atoms with van der Waals surface area (Å²) in [6.07, 6.45) is 4.06. The van der Waals surface area contributed by atoms with Crippen LogP contribution in [0, 0.1) is 0 Å². The van der Waals surface area contributed by atoms with Gasteiger partial charge < -0.3 is 4.48 Å². The number of quaternary nitrogens is 1. The second-order valence-corrected chi connectivity index (χ2v) is 6.74. The SMILES string of the molecule is C[N+]1(C)CC(=Cc2ccccc2)C(=O)C(=Cc2ccccc2)C1. The van der Waals surface area contributed by atoms with Crippen molar-refractivity contribution in [1.82, 2.24) is 0 Å². The van der Waals surface area contributed by atoms with Crippen LogP contribution in [0.25, 0.3) is 12.2 Å². The molecule has 1 saturated heterocycles. The first-order valence-corrected chi connectivity index (χ1v) is 7.91. The highest BCUT2D eigenvalue weighted by molar-refractivity contribution is 6.14. The molecule has 0 aliphatic carbocycles. The van der Waals surface area contributed by atoms with Crippen molar-refractivity contribution >= 4 is 17.9 Å². The Morgan fingerprint density at radius 1 is 0.739 bits per heavy atom. The van der Waals surface area contributed by atoms with Crippen LogP contribution >= 0.6 is 0 Å². The number of carbonyl (C=O) groups excluding carboxylic acids is 1. The van der Waals surface area contributed by atoms with E-state index in [1.165, 1.54) is 0 Å². The maximum Gasteiger partial charge on any atom is 0.196 e. The minimum absolute atomic E-state index is 0.176. The average Bonchev–Trinajstić information content (AvgIpc) is 2.53. The van der Waals surface area contributed by atoms with Crippen LogP contribution in [0.4, 0.5) is 0 Å². The topological polar surface area (TPSA) is 17.1 Å². The molecular weight excluding hydrogens is 282 g/mol. The molecule has 0 amide bonds. The third-order valence-corrected chi connectivity index (χ3v) is 4.06. The van der Waals surface area contributed by atoms with E-state index in [0.717, 1.165) is 39.8 Å². The molecule has 0 radical (unpaired) electrons. The predicted octanol–water partition coefficient (Wildman–Crippen LogP) is 3.81. The van der Waals surface area contributed by atoms with Gasteiger partial charge in [-0.15, -0.1) is 0 Å². The number of likely N-dealkylation sites (N-methyl/N-ethyl adjacent to an activating group) is 1. The van der Waals surface area contributed by atoms with Gasteiger partial charge in [0.15, 0.2) is 5.78 Å². The van der Waals surface area contributed by atoms with Gasteiger partial charge in [0.1, 0.15) is 13.1 Å². The van der Waals surface area contributed by atoms with E-state index in [1.807, 2.05) is 72.8 Å². The lowest BCUT2D eigenvalue weighted by Crippen LogP contribution is -2.48. The summed E-state index contributed by atoms with van der Waals surface area (Å²) in [6, 6.07) is 20.1. The number of hydrogen-bond acceptors (Lipinski definition) is 1. The number of hydrogen-bond donors (Lipinski definition) is 0. The zero-order chi connectivity index (χ0) is 16.3. The Bertz CT molecular complexity index is 691. The largest absolute Gasteiger partial charge is 0.321 e. The van der Waals surface area contributed by atoms with Gasteiger partial charge in [-0.05, 0) is 23.3 Å². The van der Waals surface area contributed by atoms with E-state index in [-0.39, 0.29) is 5.78 Å². The zero-order valence-electron chi connectivity index (χ0n) is 13.7. The van der Waals surface area contributed by atoms with Crippen molar-refractivity contribution in [2.24, 2.45) is 0 Å². The molecule has 2 nitrogen and oxygen atoms in total. The molecule has 0 bridgehead atoms. The molecule has 23 heavy (non-hydrogen) atoms. The van der Waals surface area contributed by atoms with E-state index in [1.54, 1.807) is 0 Å². The molecule has 1 fully saturated rings. The number of ketones is 1. The van der Waals surface area contributed by atoms with Gasteiger partial charge in [-0.25, -0.2) is 0 Å². The summed E-state index contributed by atoms with van der Waals surface area (Å²) >= 11 is 0. The van der Waals surface area contributed by atoms with Crippen molar-refractivity contribution in [3.05, 3.63) is 82.9 Å². The van der Waals surface area contributed by atoms with Crippen molar-refractivity contribution in [3.8, 4) is 0 Å². The maximum absolute atomic E-state index is 12.9. The van der Waals surface area contributed by atoms with Crippen LogP contribution in [0.3, 0.4) is 0 Å². The highest BCUT2D eigenvalue weighted by Gasteiger charge is 2.32.